The minimum absolute atomic E-state index is 0. The first-order valence-corrected chi connectivity index (χ1v) is 7.85. The maximum atomic E-state index is 12.2. The normalized spacial score (nSPS) is 14.1. The van der Waals surface area contributed by atoms with E-state index < -0.39 is 0 Å². The van der Waals surface area contributed by atoms with E-state index in [4.69, 9.17) is 0 Å². The molecule has 1 amide bonds. The first-order valence-electron chi connectivity index (χ1n) is 7.05. The van der Waals surface area contributed by atoms with Crippen molar-refractivity contribution < 1.29 is 4.79 Å². The summed E-state index contributed by atoms with van der Waals surface area (Å²) in [6.45, 7) is 2.74. The summed E-state index contributed by atoms with van der Waals surface area (Å²) < 4.78 is 2.99. The van der Waals surface area contributed by atoms with Crippen LogP contribution in [-0.2, 0) is 7.05 Å². The summed E-state index contributed by atoms with van der Waals surface area (Å²) >= 11 is 3.44. The molecular formula is C16H19BrClN3O. The molecular weight excluding hydrogens is 366 g/mol. The van der Waals surface area contributed by atoms with Crippen LogP contribution in [0.2, 0.25) is 0 Å². The van der Waals surface area contributed by atoms with Crippen LogP contribution in [0.1, 0.15) is 10.5 Å². The summed E-state index contributed by atoms with van der Waals surface area (Å²) in [6, 6.07) is 12.0. The Hall–Kier alpha value is -1.30. The van der Waals surface area contributed by atoms with Gasteiger partial charge in [-0.2, -0.15) is 0 Å². The summed E-state index contributed by atoms with van der Waals surface area (Å²) in [4.78, 5) is 12.2. The molecule has 4 nitrogen and oxygen atoms in total. The third kappa shape index (κ3) is 3.54. The fraction of sp³-hybridized carbons (Fsp3) is 0.312. The number of amides is 1. The van der Waals surface area contributed by atoms with Crippen LogP contribution in [0.5, 0.6) is 0 Å². The molecule has 1 fully saturated rings. The van der Waals surface area contributed by atoms with Gasteiger partial charge in [0.1, 0.15) is 5.69 Å². The summed E-state index contributed by atoms with van der Waals surface area (Å²) in [6.07, 6.45) is 0. The van der Waals surface area contributed by atoms with Crippen molar-refractivity contribution >= 4 is 34.2 Å². The fourth-order valence-electron chi connectivity index (χ4n) is 2.47. The quantitative estimate of drug-likeness (QED) is 0.851. The van der Waals surface area contributed by atoms with E-state index >= 15 is 0 Å². The predicted octanol–water partition coefficient (Wildman–Crippen LogP) is 2.83. The molecule has 0 unspecified atom stereocenters. The number of nitrogens with zero attached hydrogens (tertiary/aromatic N) is 1. The number of rotatable bonds is 4. The molecule has 1 aliphatic rings. The molecule has 22 heavy (non-hydrogen) atoms. The van der Waals surface area contributed by atoms with Crippen LogP contribution in [0, 0.1) is 5.92 Å². The highest BCUT2D eigenvalue weighted by Crippen LogP contribution is 2.23. The summed E-state index contributed by atoms with van der Waals surface area (Å²) in [5.74, 6) is 0.563. The van der Waals surface area contributed by atoms with Gasteiger partial charge in [0.15, 0.2) is 0 Å². The fourth-order valence-corrected chi connectivity index (χ4v) is 2.73. The number of hydrogen-bond donors (Lipinski definition) is 2. The van der Waals surface area contributed by atoms with Crippen LogP contribution in [0.3, 0.4) is 0 Å². The second-order valence-electron chi connectivity index (χ2n) is 5.40. The van der Waals surface area contributed by atoms with Crippen molar-refractivity contribution in [2.75, 3.05) is 19.6 Å². The molecule has 0 atom stereocenters. The number of benzene rings is 1. The third-order valence-electron chi connectivity index (χ3n) is 3.91. The van der Waals surface area contributed by atoms with Crippen molar-refractivity contribution in [3.63, 3.8) is 0 Å². The third-order valence-corrected chi connectivity index (χ3v) is 4.44. The smallest absolute Gasteiger partial charge is 0.267 e. The Kier molecular flexibility index (Phi) is 5.67. The Labute approximate surface area is 144 Å². The van der Waals surface area contributed by atoms with Gasteiger partial charge in [-0.1, -0.05) is 28.1 Å². The van der Waals surface area contributed by atoms with E-state index in [2.05, 4.69) is 26.6 Å². The second kappa shape index (κ2) is 7.31. The number of aromatic nitrogens is 1. The summed E-state index contributed by atoms with van der Waals surface area (Å²) in [5, 5.41) is 6.21. The Bertz CT molecular complexity index is 650. The number of carbonyl (C=O) groups is 1. The zero-order valence-corrected chi connectivity index (χ0v) is 14.7. The maximum Gasteiger partial charge on any atom is 0.267 e. The van der Waals surface area contributed by atoms with Crippen molar-refractivity contribution in [1.82, 2.24) is 15.2 Å². The first kappa shape index (κ1) is 17.1. The van der Waals surface area contributed by atoms with Gasteiger partial charge in [0.05, 0.1) is 0 Å². The Balaban J connectivity index is 0.00000176. The molecule has 0 spiro atoms. The minimum atomic E-state index is -0.00670. The molecule has 0 bridgehead atoms. The zero-order valence-electron chi connectivity index (χ0n) is 12.3. The molecule has 2 N–H and O–H groups in total. The van der Waals surface area contributed by atoms with Gasteiger partial charge in [-0.25, -0.2) is 0 Å². The lowest BCUT2D eigenvalue weighted by molar-refractivity contribution is 0.0934. The molecule has 1 aromatic carbocycles. The largest absolute Gasteiger partial charge is 0.350 e. The lowest BCUT2D eigenvalue weighted by Gasteiger charge is -2.27. The molecule has 3 rings (SSSR count). The maximum absolute atomic E-state index is 12.2. The topological polar surface area (TPSA) is 46.1 Å². The van der Waals surface area contributed by atoms with E-state index in [1.54, 1.807) is 0 Å². The predicted molar refractivity (Wildman–Crippen MR) is 94.5 cm³/mol. The number of nitrogens with one attached hydrogen (secondary N) is 2. The molecule has 0 aliphatic carbocycles. The molecule has 0 saturated carbocycles. The standard InChI is InChI=1S/C16H18BrN3O.ClH/c1-20-14(12-2-4-13(17)5-3-12)6-7-15(20)16(21)19-10-11-8-18-9-11;/h2-7,11,18H,8-10H2,1H3,(H,19,21);1H. The SMILES string of the molecule is Cl.Cn1c(C(=O)NCC2CNC2)ccc1-c1ccc(Br)cc1. The van der Waals surface area contributed by atoms with Gasteiger partial charge in [-0.3, -0.25) is 4.79 Å². The van der Waals surface area contributed by atoms with E-state index in [-0.39, 0.29) is 18.3 Å². The van der Waals surface area contributed by atoms with E-state index in [9.17, 15) is 4.79 Å². The van der Waals surface area contributed by atoms with Gasteiger partial charge in [0.2, 0.25) is 0 Å². The number of hydrogen-bond acceptors (Lipinski definition) is 2. The second-order valence-corrected chi connectivity index (χ2v) is 6.32. The molecule has 118 valence electrons. The van der Waals surface area contributed by atoms with Gasteiger partial charge in [0, 0.05) is 42.8 Å². The highest BCUT2D eigenvalue weighted by atomic mass is 79.9. The van der Waals surface area contributed by atoms with Gasteiger partial charge in [-0.15, -0.1) is 12.4 Å². The molecule has 6 heteroatoms. The average molecular weight is 385 g/mol. The van der Waals surface area contributed by atoms with Gasteiger partial charge < -0.3 is 15.2 Å². The highest BCUT2D eigenvalue weighted by Gasteiger charge is 2.19. The lowest BCUT2D eigenvalue weighted by atomic mass is 10.0. The monoisotopic (exact) mass is 383 g/mol. The number of carbonyl (C=O) groups excluding carboxylic acids is 1. The highest BCUT2D eigenvalue weighted by molar-refractivity contribution is 9.10. The molecule has 2 heterocycles. The summed E-state index contributed by atoms with van der Waals surface area (Å²) in [5.41, 5.74) is 2.83. The Morgan fingerprint density at radius 2 is 1.95 bits per heavy atom. The van der Waals surface area contributed by atoms with Crippen LogP contribution < -0.4 is 10.6 Å². The Morgan fingerprint density at radius 3 is 2.55 bits per heavy atom. The van der Waals surface area contributed by atoms with Crippen molar-refractivity contribution in [1.29, 1.82) is 0 Å². The van der Waals surface area contributed by atoms with E-state index in [1.165, 1.54) is 0 Å². The lowest BCUT2D eigenvalue weighted by Crippen LogP contribution is -2.48. The Morgan fingerprint density at radius 1 is 1.27 bits per heavy atom. The van der Waals surface area contributed by atoms with E-state index in [0.717, 1.165) is 35.4 Å². The molecule has 1 aliphatic heterocycles. The van der Waals surface area contributed by atoms with Crippen molar-refractivity contribution in [2.24, 2.45) is 13.0 Å². The molecule has 0 radical (unpaired) electrons. The summed E-state index contributed by atoms with van der Waals surface area (Å²) in [7, 11) is 1.93. The van der Waals surface area contributed by atoms with Gasteiger partial charge >= 0.3 is 0 Å². The van der Waals surface area contributed by atoms with E-state index in [1.807, 2.05) is 48.0 Å². The van der Waals surface area contributed by atoms with Crippen LogP contribution >= 0.6 is 28.3 Å². The molecule has 2 aromatic rings. The minimum Gasteiger partial charge on any atom is -0.350 e. The van der Waals surface area contributed by atoms with Crippen LogP contribution in [0.15, 0.2) is 40.9 Å². The zero-order chi connectivity index (χ0) is 14.8. The average Bonchev–Trinajstić information content (AvgIpc) is 2.80. The van der Waals surface area contributed by atoms with Crippen LogP contribution in [0.25, 0.3) is 11.3 Å². The van der Waals surface area contributed by atoms with Gasteiger partial charge in [0.25, 0.3) is 5.91 Å². The molecule has 1 saturated heterocycles. The van der Waals surface area contributed by atoms with Crippen molar-refractivity contribution in [3.8, 4) is 11.3 Å². The van der Waals surface area contributed by atoms with Gasteiger partial charge in [-0.05, 0) is 29.8 Å². The number of halogens is 2. The van der Waals surface area contributed by atoms with Crippen LogP contribution in [0.4, 0.5) is 0 Å². The van der Waals surface area contributed by atoms with Crippen LogP contribution in [-0.4, -0.2) is 30.1 Å². The van der Waals surface area contributed by atoms with E-state index in [0.29, 0.717) is 11.6 Å². The van der Waals surface area contributed by atoms with Crippen molar-refractivity contribution in [3.05, 3.63) is 46.6 Å². The first-order chi connectivity index (χ1) is 10.1. The molecule has 1 aromatic heterocycles. The van der Waals surface area contributed by atoms with Crippen molar-refractivity contribution in [2.45, 2.75) is 0 Å².